The van der Waals surface area contributed by atoms with E-state index in [1.165, 1.54) is 10.7 Å². The number of carbonyl (C=O) groups is 1. The lowest BCUT2D eigenvalue weighted by Crippen LogP contribution is -2.28. The van der Waals surface area contributed by atoms with Crippen LogP contribution in [0, 0.1) is 12.8 Å². The van der Waals surface area contributed by atoms with Gasteiger partial charge in [0.15, 0.2) is 0 Å². The molecule has 0 aromatic heterocycles. The molecule has 1 aromatic carbocycles. The fourth-order valence-electron chi connectivity index (χ4n) is 3.43. The Morgan fingerprint density at radius 1 is 1.42 bits per heavy atom. The van der Waals surface area contributed by atoms with Crippen LogP contribution in [0.25, 0.3) is 0 Å². The molecule has 132 valence electrons. The molecule has 2 aliphatic heterocycles. The lowest BCUT2D eigenvalue weighted by Gasteiger charge is -2.18. The highest BCUT2D eigenvalue weighted by Gasteiger charge is 2.28. The molecule has 0 saturated carbocycles. The predicted octanol–water partition coefficient (Wildman–Crippen LogP) is 1.26. The van der Waals surface area contributed by atoms with Gasteiger partial charge in [-0.25, -0.2) is 8.42 Å². The molecule has 7 heteroatoms. The summed E-state index contributed by atoms with van der Waals surface area (Å²) in [5.41, 5.74) is 2.06. The van der Waals surface area contributed by atoms with E-state index in [1.54, 1.807) is 18.2 Å². The van der Waals surface area contributed by atoms with Crippen molar-refractivity contribution in [2.75, 3.05) is 36.2 Å². The average molecular weight is 351 g/mol. The lowest BCUT2D eigenvalue weighted by molar-refractivity contribution is 0.0951. The number of anilines is 1. The van der Waals surface area contributed by atoms with Crippen LogP contribution < -0.4 is 14.9 Å². The molecule has 1 amide bonds. The van der Waals surface area contributed by atoms with Gasteiger partial charge in [-0.3, -0.25) is 9.10 Å². The van der Waals surface area contributed by atoms with E-state index in [1.807, 2.05) is 6.92 Å². The summed E-state index contributed by atoms with van der Waals surface area (Å²) in [4.78, 5) is 12.3. The first-order valence-corrected chi connectivity index (χ1v) is 10.2. The zero-order valence-electron chi connectivity index (χ0n) is 14.0. The number of aryl methyl sites for hydroxylation is 1. The van der Waals surface area contributed by atoms with Crippen LogP contribution in [0.4, 0.5) is 5.69 Å². The van der Waals surface area contributed by atoms with E-state index < -0.39 is 10.0 Å². The summed E-state index contributed by atoms with van der Waals surface area (Å²) >= 11 is 0. The third-order valence-corrected chi connectivity index (χ3v) is 6.71. The second kappa shape index (κ2) is 7.11. The van der Waals surface area contributed by atoms with Crippen LogP contribution in [-0.4, -0.2) is 46.3 Å². The molecule has 0 aliphatic carbocycles. The third kappa shape index (κ3) is 3.72. The Morgan fingerprint density at radius 2 is 2.25 bits per heavy atom. The van der Waals surface area contributed by atoms with Crippen LogP contribution in [0.5, 0.6) is 0 Å². The number of benzene rings is 1. The zero-order chi connectivity index (χ0) is 17.2. The summed E-state index contributed by atoms with van der Waals surface area (Å²) in [6.45, 7) is 5.14. The number of sulfonamides is 1. The van der Waals surface area contributed by atoms with Crippen molar-refractivity contribution in [2.24, 2.45) is 5.92 Å². The van der Waals surface area contributed by atoms with E-state index >= 15 is 0 Å². The Balaban J connectivity index is 1.62. The van der Waals surface area contributed by atoms with Crippen LogP contribution in [0.1, 0.15) is 35.2 Å². The zero-order valence-corrected chi connectivity index (χ0v) is 14.9. The molecular formula is C17H25N3O3S. The molecule has 0 bridgehead atoms. The number of carbonyl (C=O) groups excluding carboxylic acids is 1. The van der Waals surface area contributed by atoms with Gasteiger partial charge in [0.2, 0.25) is 10.0 Å². The molecule has 24 heavy (non-hydrogen) atoms. The van der Waals surface area contributed by atoms with Crippen LogP contribution in [0.3, 0.4) is 0 Å². The standard InChI is InChI=1S/C17H25N3O3S/c1-13-11-15(20-9-2-10-24(20,22)23)3-4-16(13)17(21)19-8-6-14-5-7-18-12-14/h3-4,11,14,18H,2,5-10,12H2,1H3,(H,19,21). The first-order valence-electron chi connectivity index (χ1n) is 8.57. The molecule has 2 saturated heterocycles. The van der Waals surface area contributed by atoms with Crippen molar-refractivity contribution in [1.82, 2.24) is 10.6 Å². The normalized spacial score (nSPS) is 22.7. The molecule has 3 rings (SSSR count). The van der Waals surface area contributed by atoms with Crippen molar-refractivity contribution in [2.45, 2.75) is 26.2 Å². The van der Waals surface area contributed by atoms with Gasteiger partial charge in [0.1, 0.15) is 0 Å². The first kappa shape index (κ1) is 17.2. The number of hydrogen-bond donors (Lipinski definition) is 2. The highest BCUT2D eigenvalue weighted by atomic mass is 32.2. The minimum Gasteiger partial charge on any atom is -0.352 e. The van der Waals surface area contributed by atoms with Gasteiger partial charge in [-0.15, -0.1) is 0 Å². The van der Waals surface area contributed by atoms with Crippen molar-refractivity contribution in [1.29, 1.82) is 0 Å². The summed E-state index contributed by atoms with van der Waals surface area (Å²) < 4.78 is 25.4. The molecule has 0 radical (unpaired) electrons. The molecule has 1 atom stereocenters. The largest absolute Gasteiger partial charge is 0.352 e. The second-order valence-corrected chi connectivity index (χ2v) is 8.66. The molecule has 1 unspecified atom stereocenters. The Kier molecular flexibility index (Phi) is 5.10. The molecule has 0 spiro atoms. The van der Waals surface area contributed by atoms with Crippen LogP contribution in [0.15, 0.2) is 18.2 Å². The van der Waals surface area contributed by atoms with Gasteiger partial charge < -0.3 is 10.6 Å². The van der Waals surface area contributed by atoms with Gasteiger partial charge in [0.25, 0.3) is 5.91 Å². The number of amides is 1. The van der Waals surface area contributed by atoms with E-state index in [-0.39, 0.29) is 11.7 Å². The number of nitrogens with zero attached hydrogens (tertiary/aromatic N) is 1. The first-order chi connectivity index (χ1) is 11.5. The van der Waals surface area contributed by atoms with Gasteiger partial charge >= 0.3 is 0 Å². The summed E-state index contributed by atoms with van der Waals surface area (Å²) in [5, 5.41) is 6.30. The molecule has 2 fully saturated rings. The molecule has 1 aromatic rings. The molecular weight excluding hydrogens is 326 g/mol. The molecule has 2 N–H and O–H groups in total. The van der Waals surface area contributed by atoms with Gasteiger partial charge in [-0.1, -0.05) is 0 Å². The maximum atomic E-state index is 12.3. The molecule has 2 heterocycles. The van der Waals surface area contributed by atoms with E-state index in [0.717, 1.165) is 25.1 Å². The maximum Gasteiger partial charge on any atom is 0.251 e. The fraction of sp³-hybridized carbons (Fsp3) is 0.588. The van der Waals surface area contributed by atoms with E-state index in [0.29, 0.717) is 36.7 Å². The Labute approximate surface area is 143 Å². The van der Waals surface area contributed by atoms with Crippen LogP contribution >= 0.6 is 0 Å². The van der Waals surface area contributed by atoms with Gasteiger partial charge in [-0.05, 0) is 69.0 Å². The Bertz CT molecular complexity index is 712. The number of nitrogens with one attached hydrogen (secondary N) is 2. The van der Waals surface area contributed by atoms with E-state index in [2.05, 4.69) is 10.6 Å². The van der Waals surface area contributed by atoms with E-state index in [4.69, 9.17) is 0 Å². The Morgan fingerprint density at radius 3 is 2.88 bits per heavy atom. The summed E-state index contributed by atoms with van der Waals surface area (Å²) in [7, 11) is -3.19. The quantitative estimate of drug-likeness (QED) is 0.837. The minimum absolute atomic E-state index is 0.0886. The topological polar surface area (TPSA) is 78.5 Å². The fourth-order valence-corrected chi connectivity index (χ4v) is 4.99. The van der Waals surface area contributed by atoms with Gasteiger partial charge in [0.05, 0.1) is 11.4 Å². The third-order valence-electron chi connectivity index (χ3n) is 4.84. The van der Waals surface area contributed by atoms with Crippen molar-refractivity contribution >= 4 is 21.6 Å². The SMILES string of the molecule is Cc1cc(N2CCCS2(=O)=O)ccc1C(=O)NCCC1CCNC1. The second-order valence-electron chi connectivity index (χ2n) is 6.64. The molecule has 6 nitrogen and oxygen atoms in total. The van der Waals surface area contributed by atoms with Crippen LogP contribution in [0.2, 0.25) is 0 Å². The maximum absolute atomic E-state index is 12.3. The lowest BCUT2D eigenvalue weighted by atomic mass is 10.0. The minimum atomic E-state index is -3.19. The number of rotatable bonds is 5. The van der Waals surface area contributed by atoms with Gasteiger partial charge in [-0.2, -0.15) is 0 Å². The number of hydrogen-bond acceptors (Lipinski definition) is 4. The summed E-state index contributed by atoms with van der Waals surface area (Å²) in [6, 6.07) is 5.25. The van der Waals surface area contributed by atoms with Crippen molar-refractivity contribution < 1.29 is 13.2 Å². The van der Waals surface area contributed by atoms with Crippen molar-refractivity contribution in [3.63, 3.8) is 0 Å². The highest BCUT2D eigenvalue weighted by Crippen LogP contribution is 2.26. The predicted molar refractivity (Wildman–Crippen MR) is 94.9 cm³/mol. The van der Waals surface area contributed by atoms with Crippen molar-refractivity contribution in [3.8, 4) is 0 Å². The highest BCUT2D eigenvalue weighted by molar-refractivity contribution is 7.93. The average Bonchev–Trinajstić information content (AvgIpc) is 3.16. The van der Waals surface area contributed by atoms with Gasteiger partial charge in [0, 0.05) is 18.7 Å². The van der Waals surface area contributed by atoms with E-state index in [9.17, 15) is 13.2 Å². The van der Waals surface area contributed by atoms with Crippen LogP contribution in [-0.2, 0) is 10.0 Å². The molecule has 2 aliphatic rings. The van der Waals surface area contributed by atoms with Crippen molar-refractivity contribution in [3.05, 3.63) is 29.3 Å². The summed E-state index contributed by atoms with van der Waals surface area (Å²) in [5.74, 6) is 0.757. The Hall–Kier alpha value is -1.60. The monoisotopic (exact) mass is 351 g/mol. The smallest absolute Gasteiger partial charge is 0.251 e. The summed E-state index contributed by atoms with van der Waals surface area (Å²) in [6.07, 6.45) is 2.81.